The van der Waals surface area contributed by atoms with Crippen LogP contribution in [0.25, 0.3) is 0 Å². The molecule has 1 N–H and O–H groups in total. The summed E-state index contributed by atoms with van der Waals surface area (Å²) in [6.45, 7) is 2.63. The van der Waals surface area contributed by atoms with Crippen molar-refractivity contribution < 1.29 is 71.8 Å². The fraction of sp³-hybridized carbons (Fsp3) is 0.143. The standard InChI is InChI=1S/C21H20N3O3.2HI/c1-17-5-7-18(8-6-17)21(25)19-9-12-23(13-10-19)15-27-16-24-11-3-2-4-20(24)14-22-26;;/h2-14H,15-16H2,1H3;2*1H/q+1;;/p-1. The molecular weight excluding hydrogens is 596 g/mol. The van der Waals surface area contributed by atoms with Gasteiger partial charge in [0.05, 0.1) is 0 Å². The lowest BCUT2D eigenvalue weighted by Crippen LogP contribution is -3.00. The average Bonchev–Trinajstić information content (AvgIpc) is 2.70. The Labute approximate surface area is 203 Å². The van der Waals surface area contributed by atoms with Crippen LogP contribution in [0.15, 0.2) is 78.3 Å². The number of halogens is 2. The molecule has 3 rings (SSSR count). The summed E-state index contributed by atoms with van der Waals surface area (Å²) >= 11 is 0. The van der Waals surface area contributed by atoms with E-state index in [0.29, 0.717) is 24.6 Å². The van der Waals surface area contributed by atoms with Gasteiger partial charge in [0.25, 0.3) is 13.5 Å². The number of hydrogen-bond donors (Lipinski definition) is 1. The van der Waals surface area contributed by atoms with E-state index in [4.69, 9.17) is 9.94 Å². The summed E-state index contributed by atoms with van der Waals surface area (Å²) in [4.78, 5) is 12.5. The van der Waals surface area contributed by atoms with Gasteiger partial charge in [-0.3, -0.25) is 9.53 Å². The maximum absolute atomic E-state index is 12.5. The van der Waals surface area contributed by atoms with E-state index in [0.717, 1.165) is 11.3 Å². The molecule has 0 unspecified atom stereocenters. The zero-order valence-electron chi connectivity index (χ0n) is 15.8. The third-order valence-corrected chi connectivity index (χ3v) is 4.10. The number of hydrogen-bond acceptors (Lipinski definition) is 4. The Morgan fingerprint density at radius 1 is 0.966 bits per heavy atom. The van der Waals surface area contributed by atoms with Crippen LogP contribution >= 0.6 is 0 Å². The first-order chi connectivity index (χ1) is 13.2. The molecule has 0 spiro atoms. The van der Waals surface area contributed by atoms with Crippen LogP contribution in [0.3, 0.4) is 0 Å². The van der Waals surface area contributed by atoms with E-state index in [9.17, 15) is 4.79 Å². The van der Waals surface area contributed by atoms with Crippen LogP contribution in [0.1, 0.15) is 27.2 Å². The van der Waals surface area contributed by atoms with Crippen LogP contribution in [0, 0.1) is 6.92 Å². The van der Waals surface area contributed by atoms with Crippen molar-refractivity contribution in [2.45, 2.75) is 20.4 Å². The van der Waals surface area contributed by atoms with Crippen molar-refractivity contribution in [1.82, 2.24) is 0 Å². The smallest absolute Gasteiger partial charge is 0.258 e. The summed E-state index contributed by atoms with van der Waals surface area (Å²) < 4.78 is 9.35. The normalized spacial score (nSPS) is 10.2. The van der Waals surface area contributed by atoms with Crippen LogP contribution in [-0.4, -0.2) is 17.2 Å². The maximum Gasteiger partial charge on any atom is 0.258 e. The van der Waals surface area contributed by atoms with E-state index < -0.39 is 0 Å². The highest BCUT2D eigenvalue weighted by Gasteiger charge is 2.12. The predicted molar refractivity (Wildman–Crippen MR) is 98.4 cm³/mol. The molecule has 6 nitrogen and oxygen atoms in total. The number of carbonyl (C=O) groups excluding carboxylic acids is 1. The number of aromatic nitrogens is 2. The zero-order chi connectivity index (χ0) is 19.1. The molecule has 1 aromatic carbocycles. The van der Waals surface area contributed by atoms with E-state index in [-0.39, 0.29) is 53.7 Å². The number of nitrogens with zero attached hydrogens (tertiary/aromatic N) is 3. The van der Waals surface area contributed by atoms with Crippen LogP contribution < -0.4 is 57.1 Å². The first-order valence-corrected chi connectivity index (χ1v) is 8.51. The SMILES string of the molecule is Cc1ccc(C(=O)c2cc[n+](COC[n+]3ccccc3C=NO)cc2)cc1.[I-].[I-]. The summed E-state index contributed by atoms with van der Waals surface area (Å²) in [6, 6.07) is 16.7. The molecule has 0 atom stereocenters. The second kappa shape index (κ2) is 12.6. The lowest BCUT2D eigenvalue weighted by atomic mass is 10.0. The highest BCUT2D eigenvalue weighted by atomic mass is 127. The number of ketones is 1. The van der Waals surface area contributed by atoms with Crippen molar-refractivity contribution >= 4 is 12.0 Å². The zero-order valence-corrected chi connectivity index (χ0v) is 20.1. The van der Waals surface area contributed by atoms with Gasteiger partial charge in [-0.05, 0) is 13.0 Å². The average molecular weight is 617 g/mol. The number of benzene rings is 1. The van der Waals surface area contributed by atoms with Gasteiger partial charge in [0.2, 0.25) is 5.69 Å². The Balaban J connectivity index is 0.00000210. The largest absolute Gasteiger partial charge is 1.00 e. The molecule has 0 aliphatic heterocycles. The highest BCUT2D eigenvalue weighted by Crippen LogP contribution is 2.09. The highest BCUT2D eigenvalue weighted by molar-refractivity contribution is 6.08. The van der Waals surface area contributed by atoms with Gasteiger partial charge < -0.3 is 53.2 Å². The minimum absolute atomic E-state index is 0. The third kappa shape index (κ3) is 7.12. The molecule has 0 saturated carbocycles. The first kappa shape index (κ1) is 25.1. The van der Waals surface area contributed by atoms with E-state index in [2.05, 4.69) is 5.16 Å². The third-order valence-electron chi connectivity index (χ3n) is 4.10. The van der Waals surface area contributed by atoms with Gasteiger partial charge in [-0.2, -0.15) is 9.13 Å². The van der Waals surface area contributed by atoms with Gasteiger partial charge in [-0.1, -0.05) is 35.0 Å². The Kier molecular flexibility index (Phi) is 10.9. The predicted octanol–water partition coefficient (Wildman–Crippen LogP) is -3.75. The van der Waals surface area contributed by atoms with Gasteiger partial charge in [-0.15, -0.1) is 0 Å². The van der Waals surface area contributed by atoms with Crippen molar-refractivity contribution in [3.63, 3.8) is 0 Å². The van der Waals surface area contributed by atoms with Crippen molar-refractivity contribution in [2.24, 2.45) is 5.16 Å². The molecule has 0 radical (unpaired) electrons. The second-order valence-electron chi connectivity index (χ2n) is 6.10. The second-order valence-corrected chi connectivity index (χ2v) is 6.10. The van der Waals surface area contributed by atoms with E-state index >= 15 is 0 Å². The van der Waals surface area contributed by atoms with Crippen molar-refractivity contribution in [2.75, 3.05) is 0 Å². The summed E-state index contributed by atoms with van der Waals surface area (Å²) in [5.74, 6) is -0.00385. The lowest BCUT2D eigenvalue weighted by molar-refractivity contribution is -0.788. The Bertz CT molecular complexity index is 946. The molecule has 3 aromatic rings. The van der Waals surface area contributed by atoms with Crippen LogP contribution in [0.5, 0.6) is 0 Å². The Hall–Kier alpha value is -1.92. The molecule has 0 saturated heterocycles. The minimum Gasteiger partial charge on any atom is -1.00 e. The monoisotopic (exact) mass is 617 g/mol. The quantitative estimate of drug-likeness (QED) is 0.0741. The lowest BCUT2D eigenvalue weighted by Gasteiger charge is -2.02. The van der Waals surface area contributed by atoms with Crippen molar-refractivity contribution in [1.29, 1.82) is 0 Å². The molecule has 0 aliphatic carbocycles. The maximum atomic E-state index is 12.5. The summed E-state index contributed by atoms with van der Waals surface area (Å²) in [5, 5.41) is 11.7. The van der Waals surface area contributed by atoms with Crippen LogP contribution in [0.2, 0.25) is 0 Å². The number of aryl methyl sites for hydroxylation is 1. The first-order valence-electron chi connectivity index (χ1n) is 8.51. The van der Waals surface area contributed by atoms with E-state index in [1.165, 1.54) is 6.21 Å². The molecule has 0 aliphatic rings. The molecule has 2 aromatic heterocycles. The van der Waals surface area contributed by atoms with Gasteiger partial charge in [0, 0.05) is 35.4 Å². The molecule has 29 heavy (non-hydrogen) atoms. The van der Waals surface area contributed by atoms with E-state index in [1.54, 1.807) is 12.1 Å². The van der Waals surface area contributed by atoms with Gasteiger partial charge in [-0.25, -0.2) is 0 Å². The van der Waals surface area contributed by atoms with Crippen molar-refractivity contribution in [3.8, 4) is 0 Å². The Morgan fingerprint density at radius 3 is 2.28 bits per heavy atom. The number of carbonyl (C=O) groups is 1. The topological polar surface area (TPSA) is 66.7 Å². The number of oxime groups is 1. The van der Waals surface area contributed by atoms with Gasteiger partial charge in [0.15, 0.2) is 24.4 Å². The fourth-order valence-electron chi connectivity index (χ4n) is 2.59. The summed E-state index contributed by atoms with van der Waals surface area (Å²) in [5.41, 5.74) is 3.16. The minimum atomic E-state index is -0.00385. The van der Waals surface area contributed by atoms with Crippen molar-refractivity contribution in [3.05, 3.63) is 95.6 Å². The van der Waals surface area contributed by atoms with Crippen LogP contribution in [-0.2, 0) is 18.2 Å². The van der Waals surface area contributed by atoms with Crippen LogP contribution in [0.4, 0.5) is 0 Å². The molecular formula is C21H21I2N3O3. The molecule has 8 heteroatoms. The number of rotatable bonds is 7. The summed E-state index contributed by atoms with van der Waals surface area (Å²) in [6.07, 6.45) is 6.81. The fourth-order valence-corrected chi connectivity index (χ4v) is 2.59. The summed E-state index contributed by atoms with van der Waals surface area (Å²) in [7, 11) is 0. The molecule has 0 fully saturated rings. The number of ether oxygens (including phenoxy) is 1. The van der Waals surface area contributed by atoms with Gasteiger partial charge >= 0.3 is 0 Å². The Morgan fingerprint density at radius 2 is 1.62 bits per heavy atom. The molecule has 0 bridgehead atoms. The molecule has 2 heterocycles. The molecule has 0 amide bonds. The van der Waals surface area contributed by atoms with Gasteiger partial charge in [0.1, 0.15) is 6.21 Å². The molecule has 152 valence electrons. The number of pyridine rings is 2. The van der Waals surface area contributed by atoms with E-state index in [1.807, 2.05) is 77.1 Å².